The zero-order valence-corrected chi connectivity index (χ0v) is 12.2. The maximum atomic E-state index is 12.5. The Hall–Kier alpha value is -1.75. The number of ketones is 1. The largest absolute Gasteiger partial charge is 0.379 e. The topological polar surface area (TPSA) is 81.3 Å². The maximum Gasteiger partial charge on any atom is 0.379 e. The molecule has 1 aliphatic rings. The normalized spacial score (nSPS) is 13.4. The molecule has 1 N–H and O–H groups in total. The number of aromatic nitrogens is 2. The van der Waals surface area contributed by atoms with Crippen LogP contribution in [0.3, 0.4) is 0 Å². The van der Waals surface area contributed by atoms with Gasteiger partial charge in [0.25, 0.3) is 0 Å². The molecule has 1 aromatic carbocycles. The highest BCUT2D eigenvalue weighted by Gasteiger charge is 2.39. The first-order valence-electron chi connectivity index (χ1n) is 5.98. The summed E-state index contributed by atoms with van der Waals surface area (Å²) in [5, 5.41) is 6.60. The summed E-state index contributed by atoms with van der Waals surface area (Å²) in [6.07, 6.45) is 0. The Morgan fingerprint density at radius 2 is 1.90 bits per heavy atom. The van der Waals surface area contributed by atoms with Crippen molar-refractivity contribution >= 4 is 18.8 Å². The van der Waals surface area contributed by atoms with Gasteiger partial charge in [0.1, 0.15) is 5.69 Å². The molecule has 7 heteroatoms. The third-order valence-corrected chi connectivity index (χ3v) is 5.24. The molecule has 0 spiro atoms. The monoisotopic (exact) mass is 292 g/mol. The van der Waals surface area contributed by atoms with E-state index in [1.54, 1.807) is 6.07 Å². The van der Waals surface area contributed by atoms with Gasteiger partial charge in [0.05, 0.1) is 0 Å². The van der Waals surface area contributed by atoms with Gasteiger partial charge in [-0.3, -0.25) is 14.5 Å². The van der Waals surface area contributed by atoms with Crippen molar-refractivity contribution in [2.45, 2.75) is 6.92 Å². The Bertz CT molecular complexity index is 758. The van der Waals surface area contributed by atoms with Crippen LogP contribution in [-0.4, -0.2) is 30.2 Å². The number of rotatable bonds is 3. The van der Waals surface area contributed by atoms with Crippen LogP contribution in [-0.2, 0) is 13.6 Å². The Balaban J connectivity index is 2.29. The summed E-state index contributed by atoms with van der Waals surface area (Å²) in [5.74, 6) is -0.181. The quantitative estimate of drug-likeness (QED) is 0.747. The molecule has 0 bridgehead atoms. The number of aryl methyl sites for hydroxylation is 1. The van der Waals surface area contributed by atoms with Gasteiger partial charge in [0.15, 0.2) is 5.44 Å². The van der Waals surface area contributed by atoms with Crippen LogP contribution in [0, 0.1) is 6.92 Å². The maximum absolute atomic E-state index is 12.5. The second-order valence-electron chi connectivity index (χ2n) is 4.54. The summed E-state index contributed by atoms with van der Waals surface area (Å²) >= 11 is 0. The van der Waals surface area contributed by atoms with Crippen molar-refractivity contribution in [2.24, 2.45) is 0 Å². The molecule has 1 aliphatic carbocycles. The summed E-state index contributed by atoms with van der Waals surface area (Å²) in [6, 6.07) is 5.51. The number of benzene rings is 1. The zero-order valence-electron chi connectivity index (χ0n) is 11.3. The highest BCUT2D eigenvalue weighted by molar-refractivity contribution is 7.62. The molecule has 0 saturated carbocycles. The Morgan fingerprint density at radius 3 is 2.55 bits per heavy atom. The van der Waals surface area contributed by atoms with Crippen molar-refractivity contribution in [1.82, 2.24) is 10.2 Å². The number of H-pyrrole nitrogens is 1. The van der Waals surface area contributed by atoms with Crippen LogP contribution in [0.2, 0.25) is 0 Å². The lowest BCUT2D eigenvalue weighted by molar-refractivity contribution is 0.103. The molecule has 104 valence electrons. The van der Waals surface area contributed by atoms with E-state index in [1.165, 1.54) is 14.2 Å². The molecule has 1 aromatic heterocycles. The first-order chi connectivity index (χ1) is 9.51. The molecule has 0 aliphatic heterocycles. The first kappa shape index (κ1) is 13.2. The van der Waals surface area contributed by atoms with E-state index in [0.717, 1.165) is 5.56 Å². The van der Waals surface area contributed by atoms with Gasteiger partial charge < -0.3 is 9.05 Å². The molecule has 0 saturated heterocycles. The summed E-state index contributed by atoms with van der Waals surface area (Å²) in [7, 11) is -0.899. The van der Waals surface area contributed by atoms with Crippen molar-refractivity contribution in [3.05, 3.63) is 35.0 Å². The molecular weight excluding hydrogens is 279 g/mol. The van der Waals surface area contributed by atoms with Crippen molar-refractivity contribution in [2.75, 3.05) is 14.2 Å². The number of fused-ring (bicyclic) bond motifs is 3. The van der Waals surface area contributed by atoms with Crippen molar-refractivity contribution in [1.29, 1.82) is 0 Å². The zero-order chi connectivity index (χ0) is 14.5. The summed E-state index contributed by atoms with van der Waals surface area (Å²) in [4.78, 5) is 12.3. The second kappa shape index (κ2) is 4.38. The van der Waals surface area contributed by atoms with Crippen molar-refractivity contribution in [3.8, 4) is 11.1 Å². The number of hydrogen-bond acceptors (Lipinski definition) is 5. The second-order valence-corrected chi connectivity index (χ2v) is 6.71. The average molecular weight is 292 g/mol. The van der Waals surface area contributed by atoms with Crippen LogP contribution in [0.5, 0.6) is 0 Å². The molecule has 3 rings (SSSR count). The van der Waals surface area contributed by atoms with Crippen LogP contribution in [0.25, 0.3) is 11.1 Å². The van der Waals surface area contributed by atoms with Gasteiger partial charge in [-0.1, -0.05) is 17.7 Å². The van der Waals surface area contributed by atoms with Gasteiger partial charge >= 0.3 is 7.60 Å². The molecule has 0 radical (unpaired) electrons. The van der Waals surface area contributed by atoms with Crippen LogP contribution in [0.4, 0.5) is 0 Å². The van der Waals surface area contributed by atoms with Gasteiger partial charge in [-0.05, 0) is 18.6 Å². The van der Waals surface area contributed by atoms with E-state index >= 15 is 0 Å². The van der Waals surface area contributed by atoms with E-state index in [0.29, 0.717) is 16.7 Å². The minimum absolute atomic E-state index is 0.181. The number of nitrogens with one attached hydrogen (secondary N) is 1. The smallest absolute Gasteiger partial charge is 0.308 e. The van der Waals surface area contributed by atoms with E-state index in [-0.39, 0.29) is 16.9 Å². The van der Waals surface area contributed by atoms with Crippen LogP contribution in [0.15, 0.2) is 18.2 Å². The minimum atomic E-state index is -3.49. The Morgan fingerprint density at radius 1 is 1.20 bits per heavy atom. The van der Waals surface area contributed by atoms with Gasteiger partial charge in [-0.15, -0.1) is 0 Å². The van der Waals surface area contributed by atoms with E-state index in [2.05, 4.69) is 10.2 Å². The van der Waals surface area contributed by atoms with E-state index in [1.807, 2.05) is 19.1 Å². The molecule has 2 aromatic rings. The van der Waals surface area contributed by atoms with E-state index < -0.39 is 7.60 Å². The Labute approximate surface area is 115 Å². The highest BCUT2D eigenvalue weighted by Crippen LogP contribution is 2.49. The standard InChI is InChI=1S/C13H13N2O4P/c1-7-4-5-8-9(6-7)12(16)11-10(8)13(15-14-11)20(17,18-2)19-3/h4-6H,1-3H3,(H,14,15). The molecular formula is C13H13N2O4P. The molecule has 1 heterocycles. The van der Waals surface area contributed by atoms with E-state index in [4.69, 9.17) is 9.05 Å². The number of aromatic amines is 1. The van der Waals surface area contributed by atoms with Crippen LogP contribution in [0.1, 0.15) is 21.6 Å². The lowest BCUT2D eigenvalue weighted by atomic mass is 10.1. The highest BCUT2D eigenvalue weighted by atomic mass is 31.2. The molecule has 0 amide bonds. The van der Waals surface area contributed by atoms with Gasteiger partial charge in [-0.25, -0.2) is 0 Å². The lowest BCUT2D eigenvalue weighted by Crippen LogP contribution is -2.11. The van der Waals surface area contributed by atoms with Crippen molar-refractivity contribution < 1.29 is 18.4 Å². The minimum Gasteiger partial charge on any atom is -0.308 e. The lowest BCUT2D eigenvalue weighted by Gasteiger charge is -2.13. The third kappa shape index (κ3) is 1.62. The SMILES string of the molecule is COP(=O)(OC)c1[nH]nc2c1-c1ccc(C)cc1C2=O. The molecule has 0 atom stereocenters. The fraction of sp³-hybridized carbons (Fsp3) is 0.231. The predicted octanol–water partition coefficient (Wildman–Crippen LogP) is 2.04. The first-order valence-corrected chi connectivity index (χ1v) is 7.52. The summed E-state index contributed by atoms with van der Waals surface area (Å²) in [5.41, 5.74) is 3.24. The third-order valence-electron chi connectivity index (χ3n) is 3.41. The van der Waals surface area contributed by atoms with E-state index in [9.17, 15) is 9.36 Å². The molecule has 20 heavy (non-hydrogen) atoms. The van der Waals surface area contributed by atoms with Crippen molar-refractivity contribution in [3.63, 3.8) is 0 Å². The van der Waals surface area contributed by atoms with Gasteiger partial charge in [0, 0.05) is 25.3 Å². The molecule has 0 fully saturated rings. The summed E-state index contributed by atoms with van der Waals surface area (Å²) in [6.45, 7) is 1.91. The Kier molecular flexibility index (Phi) is 2.90. The van der Waals surface area contributed by atoms with Crippen LogP contribution >= 0.6 is 7.60 Å². The van der Waals surface area contributed by atoms with Crippen LogP contribution < -0.4 is 5.44 Å². The average Bonchev–Trinajstić information content (AvgIpc) is 3.00. The fourth-order valence-electron chi connectivity index (χ4n) is 2.40. The molecule has 0 unspecified atom stereocenters. The number of hydrogen-bond donors (Lipinski definition) is 1. The predicted molar refractivity (Wildman–Crippen MR) is 73.5 cm³/mol. The number of carbonyl (C=O) groups excluding carboxylic acids is 1. The van der Waals surface area contributed by atoms with Gasteiger partial charge in [-0.2, -0.15) is 5.10 Å². The fourth-order valence-corrected chi connectivity index (χ4v) is 3.59. The molecule has 6 nitrogen and oxygen atoms in total. The number of nitrogens with zero attached hydrogens (tertiary/aromatic N) is 1. The number of carbonyl (C=O) groups is 1. The van der Waals surface area contributed by atoms with Gasteiger partial charge in [0.2, 0.25) is 5.78 Å². The summed E-state index contributed by atoms with van der Waals surface area (Å²) < 4.78 is 22.5.